The van der Waals surface area contributed by atoms with Crippen molar-refractivity contribution in [2.24, 2.45) is 7.05 Å². The van der Waals surface area contributed by atoms with Gasteiger partial charge in [-0.15, -0.1) is 0 Å². The van der Waals surface area contributed by atoms with Gasteiger partial charge in [0.1, 0.15) is 5.02 Å². The Morgan fingerprint density at radius 3 is 2.70 bits per heavy atom. The highest BCUT2D eigenvalue weighted by Gasteiger charge is 2.08. The largest absolute Gasteiger partial charge is 0.399 e. The molecule has 7 nitrogen and oxygen atoms in total. The molecule has 118 valence electrons. The molecule has 1 aromatic carbocycles. The summed E-state index contributed by atoms with van der Waals surface area (Å²) in [7, 11) is 1.83. The Labute approximate surface area is 146 Å². The van der Waals surface area contributed by atoms with Crippen LogP contribution in [0.4, 0.5) is 28.8 Å². The molecule has 0 aliphatic heterocycles. The second kappa shape index (κ2) is 6.43. The quantitative estimate of drug-likeness (QED) is 0.584. The van der Waals surface area contributed by atoms with Gasteiger partial charge in [-0.1, -0.05) is 27.5 Å². The number of anilines is 5. The molecule has 0 saturated carbocycles. The molecule has 0 amide bonds. The van der Waals surface area contributed by atoms with Crippen molar-refractivity contribution in [3.8, 4) is 0 Å². The highest BCUT2D eigenvalue weighted by Crippen LogP contribution is 2.27. The molecule has 0 spiro atoms. The lowest BCUT2D eigenvalue weighted by Gasteiger charge is -2.10. The molecule has 0 aliphatic rings. The van der Waals surface area contributed by atoms with Crippen LogP contribution in [0.15, 0.2) is 41.3 Å². The molecule has 0 unspecified atom stereocenters. The standard InChI is InChI=1S/C14H13BrClN7/c1-23-7-11(5-19-23)21-14-18-6-12(16)13(22-14)20-10-3-8(15)2-9(17)4-10/h2-7H,17H2,1H3,(H2,18,20,21,22). The first-order chi connectivity index (χ1) is 11.0. The van der Waals surface area contributed by atoms with E-state index in [9.17, 15) is 0 Å². The number of nitrogens with two attached hydrogens (primary N) is 1. The van der Waals surface area contributed by atoms with Crippen molar-refractivity contribution in [3.63, 3.8) is 0 Å². The molecule has 0 radical (unpaired) electrons. The smallest absolute Gasteiger partial charge is 0.229 e. The molecule has 4 N–H and O–H groups in total. The zero-order chi connectivity index (χ0) is 16.4. The number of aryl methyl sites for hydroxylation is 1. The minimum absolute atomic E-state index is 0.403. The van der Waals surface area contributed by atoms with E-state index in [0.717, 1.165) is 15.8 Å². The third-order valence-electron chi connectivity index (χ3n) is 2.89. The maximum absolute atomic E-state index is 6.16. The van der Waals surface area contributed by atoms with Gasteiger partial charge in [0.05, 0.1) is 18.1 Å². The van der Waals surface area contributed by atoms with Gasteiger partial charge in [0.25, 0.3) is 0 Å². The predicted octanol–water partition coefficient (Wildman–Crippen LogP) is 3.70. The molecule has 0 atom stereocenters. The van der Waals surface area contributed by atoms with Crippen LogP contribution in [0.5, 0.6) is 0 Å². The maximum Gasteiger partial charge on any atom is 0.229 e. The summed E-state index contributed by atoms with van der Waals surface area (Å²) in [4.78, 5) is 8.53. The SMILES string of the molecule is Cn1cc(Nc2ncc(Cl)c(Nc3cc(N)cc(Br)c3)n2)cn1. The van der Waals surface area contributed by atoms with E-state index in [4.69, 9.17) is 17.3 Å². The van der Waals surface area contributed by atoms with E-state index in [-0.39, 0.29) is 0 Å². The van der Waals surface area contributed by atoms with Crippen LogP contribution in [0.3, 0.4) is 0 Å². The first-order valence-corrected chi connectivity index (χ1v) is 7.78. The minimum Gasteiger partial charge on any atom is -0.399 e. The molecule has 3 rings (SSSR count). The van der Waals surface area contributed by atoms with Crippen LogP contribution in [0, 0.1) is 0 Å². The van der Waals surface area contributed by atoms with Crippen molar-refractivity contribution in [2.45, 2.75) is 0 Å². The third-order valence-corrected chi connectivity index (χ3v) is 3.62. The normalized spacial score (nSPS) is 10.6. The average molecular weight is 395 g/mol. The number of halogens is 2. The van der Waals surface area contributed by atoms with E-state index < -0.39 is 0 Å². The summed E-state index contributed by atoms with van der Waals surface area (Å²) < 4.78 is 2.54. The number of nitrogens with zero attached hydrogens (tertiary/aromatic N) is 4. The Kier molecular flexibility index (Phi) is 4.35. The summed E-state index contributed by atoms with van der Waals surface area (Å²) in [5.41, 5.74) is 8.01. The molecular formula is C14H13BrClN7. The van der Waals surface area contributed by atoms with Crippen molar-refractivity contribution in [2.75, 3.05) is 16.4 Å². The zero-order valence-corrected chi connectivity index (χ0v) is 14.4. The lowest BCUT2D eigenvalue weighted by atomic mass is 10.3. The fourth-order valence-corrected chi connectivity index (χ4v) is 2.60. The minimum atomic E-state index is 0.403. The van der Waals surface area contributed by atoms with Crippen molar-refractivity contribution >= 4 is 56.4 Å². The van der Waals surface area contributed by atoms with Gasteiger partial charge in [0.15, 0.2) is 5.82 Å². The molecule has 23 heavy (non-hydrogen) atoms. The van der Waals surface area contributed by atoms with Gasteiger partial charge in [-0.05, 0) is 18.2 Å². The number of benzene rings is 1. The lowest BCUT2D eigenvalue weighted by Crippen LogP contribution is -2.01. The van der Waals surface area contributed by atoms with E-state index in [1.807, 2.05) is 25.4 Å². The number of hydrogen-bond acceptors (Lipinski definition) is 6. The molecule has 0 saturated heterocycles. The van der Waals surface area contributed by atoms with Gasteiger partial charge in [-0.2, -0.15) is 10.1 Å². The van der Waals surface area contributed by atoms with Gasteiger partial charge in [0.2, 0.25) is 5.95 Å². The second-order valence-corrected chi connectivity index (χ2v) is 6.14. The number of hydrogen-bond donors (Lipinski definition) is 3. The number of rotatable bonds is 4. The molecule has 0 aliphatic carbocycles. The highest BCUT2D eigenvalue weighted by atomic mass is 79.9. The Morgan fingerprint density at radius 1 is 1.17 bits per heavy atom. The zero-order valence-electron chi connectivity index (χ0n) is 12.1. The Hall–Kier alpha value is -2.32. The van der Waals surface area contributed by atoms with Gasteiger partial charge in [0, 0.05) is 29.1 Å². The first-order valence-electron chi connectivity index (χ1n) is 6.61. The average Bonchev–Trinajstić information content (AvgIpc) is 2.87. The van der Waals surface area contributed by atoms with Gasteiger partial charge < -0.3 is 16.4 Å². The van der Waals surface area contributed by atoms with Crippen LogP contribution in [-0.2, 0) is 7.05 Å². The molecule has 2 aromatic heterocycles. The van der Waals surface area contributed by atoms with E-state index in [2.05, 4.69) is 41.6 Å². The van der Waals surface area contributed by atoms with E-state index in [1.54, 1.807) is 16.9 Å². The van der Waals surface area contributed by atoms with Crippen LogP contribution < -0.4 is 16.4 Å². The van der Waals surface area contributed by atoms with Gasteiger partial charge in [-0.25, -0.2) is 4.98 Å². The van der Waals surface area contributed by atoms with Crippen LogP contribution >= 0.6 is 27.5 Å². The van der Waals surface area contributed by atoms with Crippen LogP contribution in [0.1, 0.15) is 0 Å². The van der Waals surface area contributed by atoms with Gasteiger partial charge in [-0.3, -0.25) is 4.68 Å². The molecule has 0 bridgehead atoms. The maximum atomic E-state index is 6.16. The van der Waals surface area contributed by atoms with E-state index >= 15 is 0 Å². The second-order valence-electron chi connectivity index (χ2n) is 4.82. The molecule has 0 fully saturated rings. The summed E-state index contributed by atoms with van der Waals surface area (Å²) in [5.74, 6) is 0.887. The van der Waals surface area contributed by atoms with Crippen LogP contribution in [0.25, 0.3) is 0 Å². The van der Waals surface area contributed by atoms with Crippen LogP contribution in [0.2, 0.25) is 5.02 Å². The topological polar surface area (TPSA) is 93.7 Å². The number of aromatic nitrogens is 4. The third kappa shape index (κ3) is 3.91. The monoisotopic (exact) mass is 393 g/mol. The summed E-state index contributed by atoms with van der Waals surface area (Å²) in [5, 5.41) is 10.7. The van der Waals surface area contributed by atoms with Crippen molar-refractivity contribution in [1.82, 2.24) is 19.7 Å². The van der Waals surface area contributed by atoms with Gasteiger partial charge >= 0.3 is 0 Å². The molecule has 9 heteroatoms. The summed E-state index contributed by atoms with van der Waals surface area (Å²) in [6.07, 6.45) is 5.02. The number of nitrogens with one attached hydrogen (secondary N) is 2. The number of nitrogen functional groups attached to an aromatic ring is 1. The van der Waals surface area contributed by atoms with Crippen molar-refractivity contribution < 1.29 is 0 Å². The fourth-order valence-electron chi connectivity index (χ4n) is 1.95. The summed E-state index contributed by atoms with van der Waals surface area (Å²) >= 11 is 9.56. The summed E-state index contributed by atoms with van der Waals surface area (Å²) in [6.45, 7) is 0. The fraction of sp³-hybridized carbons (Fsp3) is 0.0714. The van der Waals surface area contributed by atoms with E-state index in [1.165, 1.54) is 6.20 Å². The Bertz CT molecular complexity index is 829. The Balaban J connectivity index is 1.85. The highest BCUT2D eigenvalue weighted by molar-refractivity contribution is 9.10. The lowest BCUT2D eigenvalue weighted by molar-refractivity contribution is 0.768. The Morgan fingerprint density at radius 2 is 2.00 bits per heavy atom. The van der Waals surface area contributed by atoms with Crippen molar-refractivity contribution in [1.29, 1.82) is 0 Å². The van der Waals surface area contributed by atoms with Crippen molar-refractivity contribution in [3.05, 3.63) is 46.3 Å². The predicted molar refractivity (Wildman–Crippen MR) is 95.4 cm³/mol. The molecule has 3 aromatic rings. The van der Waals surface area contributed by atoms with Crippen LogP contribution in [-0.4, -0.2) is 19.7 Å². The first kappa shape index (κ1) is 15.6. The molecule has 2 heterocycles. The summed E-state index contributed by atoms with van der Waals surface area (Å²) in [6, 6.07) is 5.47. The van der Waals surface area contributed by atoms with E-state index in [0.29, 0.717) is 22.5 Å². The molecular weight excluding hydrogens is 382 g/mol.